The number of hydrogen-bond donors (Lipinski definition) is 3. The van der Waals surface area contributed by atoms with E-state index in [1.165, 1.54) is 24.3 Å². The first-order valence-electron chi connectivity index (χ1n) is 9.96. The molecule has 3 rings (SSSR count). The van der Waals surface area contributed by atoms with E-state index in [2.05, 4.69) is 24.3 Å². The highest BCUT2D eigenvalue weighted by molar-refractivity contribution is 6.01. The molecule has 0 aliphatic heterocycles. The Labute approximate surface area is 174 Å². The molecule has 3 aromatic rings. The zero-order chi connectivity index (χ0) is 21.7. The lowest BCUT2D eigenvalue weighted by Gasteiger charge is -2.17. The van der Waals surface area contributed by atoms with Gasteiger partial charge in [-0.3, -0.25) is 9.48 Å². The Hall–Kier alpha value is -2.97. The Morgan fingerprint density at radius 1 is 1.30 bits per heavy atom. The second-order valence-electron chi connectivity index (χ2n) is 7.61. The number of benzene rings is 2. The molecule has 0 radical (unpaired) electrons. The van der Waals surface area contributed by atoms with Crippen LogP contribution in [-0.2, 0) is 6.54 Å². The molecule has 8 heteroatoms. The first-order valence-corrected chi connectivity index (χ1v) is 9.96. The zero-order valence-corrected chi connectivity index (χ0v) is 17.1. The Balaban J connectivity index is 2.02. The van der Waals surface area contributed by atoms with E-state index >= 15 is 0 Å². The van der Waals surface area contributed by atoms with E-state index in [9.17, 15) is 14.3 Å². The van der Waals surface area contributed by atoms with Crippen molar-refractivity contribution in [1.82, 2.24) is 15.1 Å². The predicted octanol–water partition coefficient (Wildman–Crippen LogP) is 3.06. The fourth-order valence-corrected chi connectivity index (χ4v) is 3.16. The number of aromatic nitrogens is 2. The third-order valence-electron chi connectivity index (χ3n) is 4.64. The van der Waals surface area contributed by atoms with Crippen molar-refractivity contribution in [3.63, 3.8) is 0 Å². The summed E-state index contributed by atoms with van der Waals surface area (Å²) >= 11 is 0. The summed E-state index contributed by atoms with van der Waals surface area (Å²) in [6.07, 6.45) is 2.17. The highest BCUT2D eigenvalue weighted by Gasteiger charge is 2.20. The van der Waals surface area contributed by atoms with Gasteiger partial charge in [0.2, 0.25) is 0 Å². The SMILES string of the molecule is CC(C)Cn1ncc2cc(Oc3ccc(F)cc3)c(C(=O)N[C@H](CO)CCN)cc21. The number of rotatable bonds is 9. The highest BCUT2D eigenvalue weighted by Crippen LogP contribution is 2.31. The number of nitrogens with one attached hydrogen (secondary N) is 1. The normalized spacial score (nSPS) is 12.3. The molecule has 2 aromatic carbocycles. The van der Waals surface area contributed by atoms with E-state index < -0.39 is 6.04 Å². The molecule has 1 heterocycles. The largest absolute Gasteiger partial charge is 0.457 e. The molecule has 0 aliphatic rings. The molecular weight excluding hydrogens is 387 g/mol. The number of carbonyl (C=O) groups excluding carboxylic acids is 1. The number of amides is 1. The van der Waals surface area contributed by atoms with Crippen LogP contribution in [0.4, 0.5) is 4.39 Å². The van der Waals surface area contributed by atoms with Gasteiger partial charge in [0.25, 0.3) is 5.91 Å². The number of ether oxygens (including phenoxy) is 1. The summed E-state index contributed by atoms with van der Waals surface area (Å²) < 4.78 is 21.0. The van der Waals surface area contributed by atoms with Crippen molar-refractivity contribution in [2.75, 3.05) is 13.2 Å². The number of halogens is 1. The number of aliphatic hydroxyl groups excluding tert-OH is 1. The van der Waals surface area contributed by atoms with Crippen LogP contribution in [0.15, 0.2) is 42.6 Å². The van der Waals surface area contributed by atoms with Gasteiger partial charge in [-0.2, -0.15) is 5.10 Å². The van der Waals surface area contributed by atoms with Crippen molar-refractivity contribution in [2.24, 2.45) is 11.7 Å². The Kier molecular flexibility index (Phi) is 7.02. The minimum absolute atomic E-state index is 0.218. The van der Waals surface area contributed by atoms with Gasteiger partial charge in [-0.25, -0.2) is 4.39 Å². The molecule has 1 aromatic heterocycles. The topological polar surface area (TPSA) is 102 Å². The van der Waals surface area contributed by atoms with E-state index in [1.807, 2.05) is 4.68 Å². The smallest absolute Gasteiger partial charge is 0.255 e. The van der Waals surface area contributed by atoms with Crippen LogP contribution in [-0.4, -0.2) is 40.0 Å². The molecule has 0 spiro atoms. The molecule has 4 N–H and O–H groups in total. The first-order chi connectivity index (χ1) is 14.4. The second kappa shape index (κ2) is 9.69. The van der Waals surface area contributed by atoms with Gasteiger partial charge in [-0.05, 0) is 55.3 Å². The highest BCUT2D eigenvalue weighted by atomic mass is 19.1. The minimum atomic E-state index is -0.461. The summed E-state index contributed by atoms with van der Waals surface area (Å²) in [5.41, 5.74) is 6.67. The van der Waals surface area contributed by atoms with Gasteiger partial charge < -0.3 is 20.9 Å². The van der Waals surface area contributed by atoms with Crippen molar-refractivity contribution in [1.29, 1.82) is 0 Å². The number of fused-ring (bicyclic) bond motifs is 1. The lowest BCUT2D eigenvalue weighted by molar-refractivity contribution is 0.0912. The molecule has 0 saturated heterocycles. The zero-order valence-electron chi connectivity index (χ0n) is 17.1. The monoisotopic (exact) mass is 414 g/mol. The van der Waals surface area contributed by atoms with Gasteiger partial charge in [0.15, 0.2) is 0 Å². The van der Waals surface area contributed by atoms with Crippen LogP contribution in [0.25, 0.3) is 10.9 Å². The number of carbonyl (C=O) groups is 1. The minimum Gasteiger partial charge on any atom is -0.457 e. The predicted molar refractivity (Wildman–Crippen MR) is 113 cm³/mol. The van der Waals surface area contributed by atoms with Crippen molar-refractivity contribution in [2.45, 2.75) is 32.9 Å². The van der Waals surface area contributed by atoms with Gasteiger partial charge in [-0.1, -0.05) is 13.8 Å². The van der Waals surface area contributed by atoms with Crippen molar-refractivity contribution in [3.8, 4) is 11.5 Å². The van der Waals surface area contributed by atoms with Gasteiger partial charge in [0.1, 0.15) is 17.3 Å². The molecule has 30 heavy (non-hydrogen) atoms. The molecule has 0 aliphatic carbocycles. The standard InChI is InChI=1S/C22H27FN4O3/c1-14(2)12-27-20-10-19(22(29)26-17(13-28)7-8-24)21(9-15(20)11-25-27)30-18-5-3-16(23)4-6-18/h3-6,9-11,14,17,28H,7-8,12-13,24H2,1-2H3,(H,26,29)/t17-/m0/s1. The maximum absolute atomic E-state index is 13.2. The number of hydrogen-bond acceptors (Lipinski definition) is 5. The van der Waals surface area contributed by atoms with Crippen LogP contribution in [0.5, 0.6) is 11.5 Å². The third kappa shape index (κ3) is 5.14. The van der Waals surface area contributed by atoms with Crippen molar-refractivity contribution in [3.05, 3.63) is 54.0 Å². The van der Waals surface area contributed by atoms with Gasteiger partial charge in [-0.15, -0.1) is 0 Å². The van der Waals surface area contributed by atoms with Crippen LogP contribution in [0.3, 0.4) is 0 Å². The number of aliphatic hydroxyl groups is 1. The average molecular weight is 414 g/mol. The van der Waals surface area contributed by atoms with E-state index in [-0.39, 0.29) is 18.3 Å². The lowest BCUT2D eigenvalue weighted by Crippen LogP contribution is -2.39. The van der Waals surface area contributed by atoms with Crippen LogP contribution in [0.1, 0.15) is 30.6 Å². The van der Waals surface area contributed by atoms with Gasteiger partial charge in [0.05, 0.1) is 29.9 Å². The quantitative estimate of drug-likeness (QED) is 0.499. The van der Waals surface area contributed by atoms with Crippen LogP contribution in [0.2, 0.25) is 0 Å². The number of nitrogens with zero attached hydrogens (tertiary/aromatic N) is 2. The Bertz CT molecular complexity index is 1000. The molecule has 0 unspecified atom stereocenters. The summed E-state index contributed by atoms with van der Waals surface area (Å²) in [7, 11) is 0. The second-order valence-corrected chi connectivity index (χ2v) is 7.61. The summed E-state index contributed by atoms with van der Waals surface area (Å²) in [5, 5.41) is 17.6. The average Bonchev–Trinajstić information content (AvgIpc) is 3.09. The van der Waals surface area contributed by atoms with E-state index in [0.29, 0.717) is 42.5 Å². The lowest BCUT2D eigenvalue weighted by atomic mass is 10.1. The van der Waals surface area contributed by atoms with E-state index in [4.69, 9.17) is 10.5 Å². The summed E-state index contributed by atoms with van der Waals surface area (Å²) in [5.74, 6) is 0.334. The summed E-state index contributed by atoms with van der Waals surface area (Å²) in [6.45, 7) is 5.00. The number of nitrogens with two attached hydrogens (primary N) is 1. The van der Waals surface area contributed by atoms with Crippen molar-refractivity contribution >= 4 is 16.8 Å². The summed E-state index contributed by atoms with van der Waals surface area (Å²) in [4.78, 5) is 13.0. The van der Waals surface area contributed by atoms with E-state index in [0.717, 1.165) is 10.9 Å². The maximum atomic E-state index is 13.2. The molecule has 0 fully saturated rings. The third-order valence-corrected chi connectivity index (χ3v) is 4.64. The Morgan fingerprint density at radius 2 is 2.03 bits per heavy atom. The molecule has 1 atom stereocenters. The fraction of sp³-hybridized carbons (Fsp3) is 0.364. The molecule has 160 valence electrons. The molecular formula is C22H27FN4O3. The molecule has 0 bridgehead atoms. The first kappa shape index (κ1) is 21.7. The van der Waals surface area contributed by atoms with E-state index in [1.54, 1.807) is 18.3 Å². The van der Waals surface area contributed by atoms with Gasteiger partial charge in [0, 0.05) is 11.9 Å². The van der Waals surface area contributed by atoms with Crippen LogP contribution < -0.4 is 15.8 Å². The van der Waals surface area contributed by atoms with Crippen LogP contribution >= 0.6 is 0 Å². The summed E-state index contributed by atoms with van der Waals surface area (Å²) in [6, 6.07) is 8.58. The van der Waals surface area contributed by atoms with Crippen molar-refractivity contribution < 1.29 is 19.0 Å². The fourth-order valence-electron chi connectivity index (χ4n) is 3.16. The van der Waals surface area contributed by atoms with Gasteiger partial charge >= 0.3 is 0 Å². The van der Waals surface area contributed by atoms with Crippen LogP contribution in [0, 0.1) is 11.7 Å². The molecule has 0 saturated carbocycles. The molecule has 7 nitrogen and oxygen atoms in total. The maximum Gasteiger partial charge on any atom is 0.255 e. The molecule has 1 amide bonds. The Morgan fingerprint density at radius 3 is 2.67 bits per heavy atom.